The molecule has 2 aliphatic rings. The first-order chi connectivity index (χ1) is 37.2. The number of aliphatic hydroxyl groups excluding tert-OH is 5. The number of fused-ring (bicyclic) bond motifs is 1. The Morgan fingerprint density at radius 1 is 0.848 bits per heavy atom. The van der Waals surface area contributed by atoms with Gasteiger partial charge in [-0.05, 0) is 19.8 Å². The molecule has 33 heteroatoms. The number of phosphoric acid groups is 3. The largest absolute Gasteiger partial charge is 0.790 e. The van der Waals surface area contributed by atoms with E-state index in [0.29, 0.717) is 13.0 Å². The third-order valence-electron chi connectivity index (χ3n) is 13.0. The van der Waals surface area contributed by atoms with Crippen molar-refractivity contribution in [3.8, 4) is 0 Å². The summed E-state index contributed by atoms with van der Waals surface area (Å²) in [4.78, 5) is 97.2. The molecule has 2 saturated heterocycles. The topological polar surface area (TPSA) is 454 Å². The number of carbonyl (C=O) groups is 3. The van der Waals surface area contributed by atoms with E-state index in [1.807, 2.05) is 0 Å². The van der Waals surface area contributed by atoms with Crippen molar-refractivity contribution in [2.45, 2.75) is 198 Å². The number of rotatable bonds is 39. The summed E-state index contributed by atoms with van der Waals surface area (Å²) in [5.74, 6) is -1.37. The molecule has 29 nitrogen and oxygen atoms in total. The lowest BCUT2D eigenvalue weighted by Gasteiger charge is -2.36. The van der Waals surface area contributed by atoms with Gasteiger partial charge in [-0.1, -0.05) is 109 Å². The van der Waals surface area contributed by atoms with Crippen molar-refractivity contribution in [2.75, 3.05) is 44.4 Å². The molecule has 2 fully saturated rings. The van der Waals surface area contributed by atoms with Gasteiger partial charge in [-0.2, -0.15) is 0 Å². The minimum Gasteiger partial charge on any atom is -0.790 e. The van der Waals surface area contributed by atoms with Crippen molar-refractivity contribution in [1.29, 1.82) is 0 Å². The number of ether oxygens (including phenoxy) is 3. The average molecular weight is 1210 g/mol. The van der Waals surface area contributed by atoms with Crippen molar-refractivity contribution in [3.63, 3.8) is 0 Å². The predicted molar refractivity (Wildman–Crippen MR) is 275 cm³/mol. The molecular weight excluding hydrogens is 1130 g/mol. The molecule has 0 aromatic carbocycles. The molecule has 12 atom stereocenters. The third-order valence-corrected chi connectivity index (χ3v) is 17.0. The summed E-state index contributed by atoms with van der Waals surface area (Å²) in [7, 11) is -17.7. The second-order valence-corrected chi connectivity index (χ2v) is 25.5. The maximum atomic E-state index is 12.7. The Bertz CT molecular complexity index is 2340. The molecule has 79 heavy (non-hydrogen) atoms. The summed E-state index contributed by atoms with van der Waals surface area (Å²) < 4.78 is 72.1. The van der Waals surface area contributed by atoms with Crippen LogP contribution in [-0.2, 0) is 60.2 Å². The molecule has 2 aromatic rings. The lowest BCUT2D eigenvalue weighted by molar-refractivity contribution is -0.347. The predicted octanol–water partition coefficient (Wildman–Crippen LogP) is 0.613. The second-order valence-electron chi connectivity index (χ2n) is 20.3. The number of nitrogens with two attached hydrogens (primary N) is 1. The van der Waals surface area contributed by atoms with Crippen LogP contribution in [0.3, 0.4) is 0 Å². The van der Waals surface area contributed by atoms with Crippen LogP contribution in [0.5, 0.6) is 0 Å². The molecule has 0 saturated carbocycles. The molecule has 4 rings (SSSR count). The molecule has 4 heterocycles. The fourth-order valence-electron chi connectivity index (χ4n) is 8.52. The van der Waals surface area contributed by atoms with Crippen LogP contribution in [-0.4, -0.2) is 156 Å². The number of nitrogen functional groups attached to an aromatic ring is 1. The summed E-state index contributed by atoms with van der Waals surface area (Å²) in [5.41, 5.74) is 4.05. The zero-order valence-corrected chi connectivity index (χ0v) is 48.2. The molecule has 2 unspecified atom stereocenters. The molecule has 0 spiro atoms. The molecule has 9 N–H and O–H groups in total. The van der Waals surface area contributed by atoms with Crippen molar-refractivity contribution in [1.82, 2.24) is 30.2 Å². The van der Waals surface area contributed by atoms with Gasteiger partial charge in [-0.15, -0.1) is 0 Å². The fourth-order valence-corrected chi connectivity index (χ4v) is 12.0. The Balaban J connectivity index is 0.985. The maximum absolute atomic E-state index is 12.7. The molecule has 454 valence electrons. The van der Waals surface area contributed by atoms with Crippen LogP contribution in [0, 0.1) is 5.41 Å². The summed E-state index contributed by atoms with van der Waals surface area (Å²) in [5, 5.41) is 56.3. The van der Waals surface area contributed by atoms with E-state index in [-0.39, 0.29) is 66.3 Å². The zero-order valence-electron chi connectivity index (χ0n) is 44.7. The van der Waals surface area contributed by atoms with Gasteiger partial charge in [0, 0.05) is 50.1 Å². The molecule has 0 radical (unpaired) electrons. The number of nitrogens with one attached hydrogen (secondary N) is 2. The number of anilines is 1. The molecular formula is C46H78N7O22P3S-4. The van der Waals surface area contributed by atoms with Gasteiger partial charge in [0.25, 0.3) is 15.6 Å². The van der Waals surface area contributed by atoms with Gasteiger partial charge in [0.1, 0.15) is 42.4 Å². The van der Waals surface area contributed by atoms with Crippen molar-refractivity contribution in [2.24, 2.45) is 5.41 Å². The first-order valence-electron chi connectivity index (χ1n) is 26.5. The Hall–Kier alpha value is -2.64. The van der Waals surface area contributed by atoms with Gasteiger partial charge in [-0.25, -0.2) is 19.3 Å². The van der Waals surface area contributed by atoms with Gasteiger partial charge >= 0.3 is 0 Å². The average Bonchev–Trinajstić information content (AvgIpc) is 4.06. The van der Waals surface area contributed by atoms with Crippen LogP contribution in [0.25, 0.3) is 11.2 Å². The summed E-state index contributed by atoms with van der Waals surface area (Å²) in [6.45, 7) is 2.26. The Morgan fingerprint density at radius 3 is 2.09 bits per heavy atom. The number of aromatic nitrogens is 4. The van der Waals surface area contributed by atoms with Crippen LogP contribution in [0.2, 0.25) is 0 Å². The number of hydrogen-bond donors (Lipinski definition) is 8. The molecule has 0 aliphatic carbocycles. The normalized spacial score (nSPS) is 24.2. The van der Waals surface area contributed by atoms with Crippen LogP contribution >= 0.6 is 35.2 Å². The highest BCUT2D eigenvalue weighted by molar-refractivity contribution is 8.13. The number of unbranched alkanes of at least 4 members (excludes halogenated alkanes) is 13. The smallest absolute Gasteiger partial charge is 0.274 e. The number of phosphoric ester groups is 3. The monoisotopic (exact) mass is 1210 g/mol. The van der Waals surface area contributed by atoms with Gasteiger partial charge in [0.15, 0.2) is 29.1 Å². The summed E-state index contributed by atoms with van der Waals surface area (Å²) >= 11 is 0.975. The van der Waals surface area contributed by atoms with E-state index >= 15 is 0 Å². The van der Waals surface area contributed by atoms with Crippen LogP contribution in [0.4, 0.5) is 5.82 Å². The number of carbonyl (C=O) groups excluding carboxylic acids is 3. The van der Waals surface area contributed by atoms with E-state index in [0.717, 1.165) is 73.9 Å². The highest BCUT2D eigenvalue weighted by atomic mass is 32.2. The number of aliphatic hydroxyl groups is 5. The fraction of sp³-hybridized carbons (Fsp3) is 0.826. The molecule has 2 aliphatic heterocycles. The Labute approximate surface area is 463 Å². The van der Waals surface area contributed by atoms with Crippen LogP contribution in [0.1, 0.15) is 143 Å². The number of amides is 2. The van der Waals surface area contributed by atoms with E-state index in [1.54, 1.807) is 6.92 Å². The quantitative estimate of drug-likeness (QED) is 0.0336. The van der Waals surface area contributed by atoms with E-state index in [2.05, 4.69) is 43.5 Å². The van der Waals surface area contributed by atoms with E-state index < -0.39 is 109 Å². The van der Waals surface area contributed by atoms with Crippen molar-refractivity contribution >= 4 is 69.1 Å². The van der Waals surface area contributed by atoms with Crippen LogP contribution < -0.4 is 35.9 Å². The number of hydrogen-bond acceptors (Lipinski definition) is 27. The van der Waals surface area contributed by atoms with Crippen molar-refractivity contribution in [3.05, 3.63) is 12.7 Å². The highest BCUT2D eigenvalue weighted by Crippen LogP contribution is 2.56. The molecule has 2 amide bonds. The third kappa shape index (κ3) is 25.0. The number of imidazole rings is 1. The molecule has 0 bridgehead atoms. The van der Waals surface area contributed by atoms with E-state index in [9.17, 15) is 73.2 Å². The minimum atomic E-state index is -5.94. The number of thioether (sulfide) groups is 1. The van der Waals surface area contributed by atoms with Gasteiger partial charge in [0.05, 0.1) is 45.7 Å². The summed E-state index contributed by atoms with van der Waals surface area (Å²) in [6, 6.07) is 0. The van der Waals surface area contributed by atoms with Gasteiger partial charge in [0.2, 0.25) is 11.8 Å². The van der Waals surface area contributed by atoms with Crippen LogP contribution in [0.15, 0.2) is 12.7 Å². The second kappa shape index (κ2) is 33.6. The lowest BCUT2D eigenvalue weighted by atomic mass is 9.87. The van der Waals surface area contributed by atoms with E-state index in [1.165, 1.54) is 58.8 Å². The van der Waals surface area contributed by atoms with Crippen molar-refractivity contribution < 1.29 is 105 Å². The minimum absolute atomic E-state index is 0.00784. The molecule has 2 aromatic heterocycles. The Kier molecular flexibility index (Phi) is 29.3. The van der Waals surface area contributed by atoms with Gasteiger partial charge in [-0.3, -0.25) is 28.1 Å². The first-order valence-corrected chi connectivity index (χ1v) is 31.8. The van der Waals surface area contributed by atoms with Gasteiger partial charge < -0.3 is 93.8 Å². The standard InChI is InChI=1S/C46H82N7O22P3S/c1-30-32(55)25-33(56)45(72-30)69-22-17-15-13-11-9-7-5-4-6-8-10-12-14-16-18-31(54)24-36(58)79-23-21-48-35(57)19-20-49-43(61)40(60)46(2,3)27-71-78(67,68)75-77(65,66)70-26-34-39(74-76(62,63)64)38(59)44(73-34)53-29-52-37-41(47)50-28-51-42(37)53/h28-34,38-40,44-45,54-56,59-60H,4-27H2,1-3H3,(H,48,57)(H,49,61)(H,65,66)(H,67,68)(H2,47,50,51)(H2,62,63,64)/p-4/t30-,31+,32+,33+,34+,38+,39+,40-,44+,45+/m0/s1. The summed E-state index contributed by atoms with van der Waals surface area (Å²) in [6.07, 6.45) is 5.46. The maximum Gasteiger partial charge on any atom is 0.274 e. The number of nitrogens with zero attached hydrogens (tertiary/aromatic N) is 4. The SMILES string of the molecule is C[C@@H]1O[C@@H](OCCCCCCCCCCCCCCCC[C@@H](O)CC(=O)SCCNC(=O)CCNC(=O)[C@H](O)C(C)(C)COP(=O)([O-])OP(=O)([O-])OC[C@H]2O[C@@H](n3cnc4c(N)ncnc43)[C@H](O)[C@@H]2OP(=O)([O-])[O-])[C@H](O)C[C@H]1O. The highest BCUT2D eigenvalue weighted by Gasteiger charge is 2.47. The lowest BCUT2D eigenvalue weighted by Crippen LogP contribution is -2.47. The van der Waals surface area contributed by atoms with E-state index in [4.69, 9.17) is 19.9 Å². The zero-order chi connectivity index (χ0) is 58.4. The first kappa shape index (κ1) is 68.9. The Morgan fingerprint density at radius 2 is 1.46 bits per heavy atom.